The van der Waals surface area contributed by atoms with Crippen LogP contribution in [0.25, 0.3) is 11.0 Å². The molecule has 1 atom stereocenters. The highest BCUT2D eigenvalue weighted by molar-refractivity contribution is 5.76. The highest BCUT2D eigenvalue weighted by Gasteiger charge is 2.12. The third kappa shape index (κ3) is 5.17. The largest absolute Gasteiger partial charge is 0.393 e. The molecule has 0 radical (unpaired) electrons. The van der Waals surface area contributed by atoms with Crippen LogP contribution in [0.3, 0.4) is 0 Å². The lowest BCUT2D eigenvalue weighted by Crippen LogP contribution is -2.27. The van der Waals surface area contributed by atoms with Gasteiger partial charge in [-0.2, -0.15) is 0 Å². The number of amides is 1. The van der Waals surface area contributed by atoms with Crippen molar-refractivity contribution in [3.8, 4) is 0 Å². The molecule has 0 aliphatic carbocycles. The standard InChI is InChI=1S/C22H27N3O2/c1-16-6-5-7-18(14-16)15-25-20-9-4-3-8-19(20)24-21(25)12-13-23-22(27)11-10-17(2)26/h3-9,14,17,26H,10-13,15H2,1-2H3,(H,23,27)/t17-/m1/s1. The molecule has 1 heterocycles. The summed E-state index contributed by atoms with van der Waals surface area (Å²) >= 11 is 0. The summed E-state index contributed by atoms with van der Waals surface area (Å²) in [4.78, 5) is 16.6. The summed E-state index contributed by atoms with van der Waals surface area (Å²) in [7, 11) is 0. The highest BCUT2D eigenvalue weighted by atomic mass is 16.3. The first-order valence-electron chi connectivity index (χ1n) is 9.47. The van der Waals surface area contributed by atoms with Gasteiger partial charge >= 0.3 is 0 Å². The van der Waals surface area contributed by atoms with E-state index in [9.17, 15) is 9.90 Å². The lowest BCUT2D eigenvalue weighted by molar-refractivity contribution is -0.121. The maximum absolute atomic E-state index is 11.9. The second kappa shape index (κ2) is 8.82. The van der Waals surface area contributed by atoms with Crippen molar-refractivity contribution in [2.45, 2.75) is 45.8 Å². The zero-order valence-corrected chi connectivity index (χ0v) is 16.0. The average Bonchev–Trinajstić information content (AvgIpc) is 2.98. The number of hydrogen-bond acceptors (Lipinski definition) is 3. The van der Waals surface area contributed by atoms with Gasteiger partial charge in [0.2, 0.25) is 5.91 Å². The number of hydrogen-bond donors (Lipinski definition) is 2. The van der Waals surface area contributed by atoms with Crippen LogP contribution in [0.4, 0.5) is 0 Å². The van der Waals surface area contributed by atoms with Crippen molar-refractivity contribution in [3.63, 3.8) is 0 Å². The SMILES string of the molecule is Cc1cccc(Cn2c(CCNC(=O)CC[C@@H](C)O)nc3ccccc32)c1. The molecular weight excluding hydrogens is 338 g/mol. The fraction of sp³-hybridized carbons (Fsp3) is 0.364. The lowest BCUT2D eigenvalue weighted by atomic mass is 10.1. The number of benzene rings is 2. The van der Waals surface area contributed by atoms with Crippen LogP contribution in [0.5, 0.6) is 0 Å². The van der Waals surface area contributed by atoms with Gasteiger partial charge in [0.1, 0.15) is 5.82 Å². The second-order valence-electron chi connectivity index (χ2n) is 7.08. The Morgan fingerprint density at radius 1 is 1.22 bits per heavy atom. The lowest BCUT2D eigenvalue weighted by Gasteiger charge is -2.11. The molecule has 0 fully saturated rings. The predicted molar refractivity (Wildman–Crippen MR) is 108 cm³/mol. The number of rotatable bonds is 8. The predicted octanol–water partition coefficient (Wildman–Crippen LogP) is 3.21. The van der Waals surface area contributed by atoms with Crippen molar-refractivity contribution in [2.75, 3.05) is 6.54 Å². The van der Waals surface area contributed by atoms with Crippen LogP contribution in [-0.4, -0.2) is 33.2 Å². The number of aliphatic hydroxyl groups excluding tert-OH is 1. The Balaban J connectivity index is 1.73. The van der Waals surface area contributed by atoms with Crippen molar-refractivity contribution in [1.82, 2.24) is 14.9 Å². The van der Waals surface area contributed by atoms with Gasteiger partial charge < -0.3 is 15.0 Å². The average molecular weight is 365 g/mol. The minimum absolute atomic E-state index is 0.0303. The van der Waals surface area contributed by atoms with Gasteiger partial charge in [-0.05, 0) is 38.0 Å². The summed E-state index contributed by atoms with van der Waals surface area (Å²) in [5.41, 5.74) is 4.55. The third-order valence-corrected chi connectivity index (χ3v) is 4.62. The molecule has 0 saturated heterocycles. The van der Waals surface area contributed by atoms with Crippen LogP contribution in [0.1, 0.15) is 36.7 Å². The number of para-hydroxylation sites is 2. The van der Waals surface area contributed by atoms with Crippen molar-refractivity contribution in [2.24, 2.45) is 0 Å². The Morgan fingerprint density at radius 2 is 2.04 bits per heavy atom. The summed E-state index contributed by atoms with van der Waals surface area (Å²) < 4.78 is 2.23. The van der Waals surface area contributed by atoms with E-state index >= 15 is 0 Å². The van der Waals surface area contributed by atoms with Crippen molar-refractivity contribution < 1.29 is 9.90 Å². The van der Waals surface area contributed by atoms with E-state index in [1.165, 1.54) is 11.1 Å². The van der Waals surface area contributed by atoms with Gasteiger partial charge in [0.05, 0.1) is 17.1 Å². The fourth-order valence-electron chi connectivity index (χ4n) is 3.23. The molecule has 2 N–H and O–H groups in total. The van der Waals surface area contributed by atoms with E-state index in [0.29, 0.717) is 25.8 Å². The van der Waals surface area contributed by atoms with E-state index in [1.807, 2.05) is 18.2 Å². The zero-order valence-electron chi connectivity index (χ0n) is 16.0. The summed E-state index contributed by atoms with van der Waals surface area (Å²) in [6.45, 7) is 5.09. The molecule has 5 nitrogen and oxygen atoms in total. The van der Waals surface area contributed by atoms with Crippen molar-refractivity contribution in [1.29, 1.82) is 0 Å². The minimum Gasteiger partial charge on any atom is -0.393 e. The monoisotopic (exact) mass is 365 g/mol. The number of aryl methyl sites for hydroxylation is 1. The zero-order chi connectivity index (χ0) is 19.2. The number of nitrogens with one attached hydrogen (secondary N) is 1. The van der Waals surface area contributed by atoms with Gasteiger partial charge in [0, 0.05) is 25.9 Å². The van der Waals surface area contributed by atoms with Crippen molar-refractivity contribution in [3.05, 3.63) is 65.5 Å². The van der Waals surface area contributed by atoms with E-state index in [1.54, 1.807) is 6.92 Å². The Bertz CT molecular complexity index is 915. The van der Waals surface area contributed by atoms with Crippen LogP contribution in [0.2, 0.25) is 0 Å². The molecular formula is C22H27N3O2. The fourth-order valence-corrected chi connectivity index (χ4v) is 3.23. The highest BCUT2D eigenvalue weighted by Crippen LogP contribution is 2.18. The van der Waals surface area contributed by atoms with E-state index in [4.69, 9.17) is 4.98 Å². The Morgan fingerprint density at radius 3 is 2.81 bits per heavy atom. The minimum atomic E-state index is -0.450. The Hall–Kier alpha value is -2.66. The number of carbonyl (C=O) groups excluding carboxylic acids is 1. The second-order valence-corrected chi connectivity index (χ2v) is 7.08. The summed E-state index contributed by atoms with van der Waals surface area (Å²) in [5, 5.41) is 12.2. The number of carbonyl (C=O) groups is 1. The number of imidazole rings is 1. The van der Waals surface area contributed by atoms with Gasteiger partial charge in [-0.15, -0.1) is 0 Å². The summed E-state index contributed by atoms with van der Waals surface area (Å²) in [5.74, 6) is 0.936. The molecule has 0 aliphatic rings. The molecule has 3 rings (SSSR count). The molecule has 0 unspecified atom stereocenters. The van der Waals surface area contributed by atoms with Gasteiger partial charge in [0.15, 0.2) is 0 Å². The summed E-state index contributed by atoms with van der Waals surface area (Å²) in [6, 6.07) is 16.6. The molecule has 5 heteroatoms. The third-order valence-electron chi connectivity index (χ3n) is 4.62. The summed E-state index contributed by atoms with van der Waals surface area (Å²) in [6.07, 6.45) is 1.05. The smallest absolute Gasteiger partial charge is 0.220 e. The number of fused-ring (bicyclic) bond motifs is 1. The van der Waals surface area contributed by atoms with Gasteiger partial charge in [-0.1, -0.05) is 42.0 Å². The molecule has 1 amide bonds. The molecule has 142 valence electrons. The topological polar surface area (TPSA) is 67.2 Å². The normalized spacial score (nSPS) is 12.3. The van der Waals surface area contributed by atoms with Gasteiger partial charge in [-0.25, -0.2) is 4.98 Å². The number of aliphatic hydroxyl groups is 1. The van der Waals surface area contributed by atoms with Crippen molar-refractivity contribution >= 4 is 16.9 Å². The molecule has 27 heavy (non-hydrogen) atoms. The molecule has 0 aliphatic heterocycles. The first-order chi connectivity index (χ1) is 13.0. The Labute approximate surface area is 160 Å². The van der Waals surface area contributed by atoms with Crippen LogP contribution in [0.15, 0.2) is 48.5 Å². The number of aromatic nitrogens is 2. The molecule has 3 aromatic rings. The van der Waals surface area contributed by atoms with Crippen LogP contribution in [-0.2, 0) is 17.8 Å². The van der Waals surface area contributed by atoms with Crippen LogP contribution in [0, 0.1) is 6.92 Å². The molecule has 2 aromatic carbocycles. The van der Waals surface area contributed by atoms with Crippen LogP contribution >= 0.6 is 0 Å². The first kappa shape index (κ1) is 19.1. The molecule has 1 aromatic heterocycles. The molecule has 0 bridgehead atoms. The Kier molecular flexibility index (Phi) is 6.24. The molecule has 0 spiro atoms. The maximum atomic E-state index is 11.9. The molecule has 0 saturated carbocycles. The van der Waals surface area contributed by atoms with E-state index in [0.717, 1.165) is 23.4 Å². The van der Waals surface area contributed by atoms with Gasteiger partial charge in [-0.3, -0.25) is 4.79 Å². The first-order valence-corrected chi connectivity index (χ1v) is 9.47. The van der Waals surface area contributed by atoms with E-state index in [2.05, 4.69) is 47.1 Å². The van der Waals surface area contributed by atoms with E-state index < -0.39 is 6.10 Å². The van der Waals surface area contributed by atoms with Crippen LogP contribution < -0.4 is 5.32 Å². The number of nitrogens with zero attached hydrogens (tertiary/aromatic N) is 2. The van der Waals surface area contributed by atoms with E-state index in [-0.39, 0.29) is 5.91 Å². The van der Waals surface area contributed by atoms with Gasteiger partial charge in [0.25, 0.3) is 0 Å². The quantitative estimate of drug-likeness (QED) is 0.644. The maximum Gasteiger partial charge on any atom is 0.220 e.